The van der Waals surface area contributed by atoms with E-state index in [1.807, 2.05) is 24.0 Å². The standard InChI is InChI=1S/C21H26N2O4/c1-4-17-18(21(26)27-3)13(2)19(22-17)20(25)23-11-9-15(10-12-23)14-5-7-16(24)8-6-14/h5-8,15,22,24H,4,9-12H2,1-3H3. The average Bonchev–Trinajstić information content (AvgIpc) is 3.04. The smallest absolute Gasteiger partial charge is 0.339 e. The molecule has 0 radical (unpaired) electrons. The number of amides is 1. The molecule has 27 heavy (non-hydrogen) atoms. The van der Waals surface area contributed by atoms with Crippen LogP contribution in [-0.2, 0) is 11.2 Å². The van der Waals surface area contributed by atoms with Crippen molar-refractivity contribution in [2.75, 3.05) is 20.2 Å². The molecule has 2 N–H and O–H groups in total. The van der Waals surface area contributed by atoms with E-state index in [-0.39, 0.29) is 11.7 Å². The number of methoxy groups -OCH3 is 1. The number of nitrogens with zero attached hydrogens (tertiary/aromatic N) is 1. The van der Waals surface area contributed by atoms with Gasteiger partial charge in [0, 0.05) is 18.8 Å². The Labute approximate surface area is 159 Å². The van der Waals surface area contributed by atoms with Gasteiger partial charge in [0.2, 0.25) is 0 Å². The molecular formula is C21H26N2O4. The fraction of sp³-hybridized carbons (Fsp3) is 0.429. The predicted molar refractivity (Wildman–Crippen MR) is 102 cm³/mol. The summed E-state index contributed by atoms with van der Waals surface area (Å²) in [7, 11) is 1.35. The molecule has 0 unspecified atom stereocenters. The summed E-state index contributed by atoms with van der Waals surface area (Å²) in [6, 6.07) is 7.30. The number of aromatic nitrogens is 1. The van der Waals surface area contributed by atoms with Crippen LogP contribution in [0.25, 0.3) is 0 Å². The number of carbonyl (C=O) groups excluding carboxylic acids is 2. The van der Waals surface area contributed by atoms with Crippen molar-refractivity contribution >= 4 is 11.9 Å². The molecule has 6 nitrogen and oxygen atoms in total. The van der Waals surface area contributed by atoms with Gasteiger partial charge in [0.1, 0.15) is 11.4 Å². The predicted octanol–water partition coefficient (Wildman–Crippen LogP) is 3.40. The molecule has 144 valence electrons. The minimum atomic E-state index is -0.411. The Morgan fingerprint density at radius 3 is 2.41 bits per heavy atom. The van der Waals surface area contributed by atoms with E-state index in [1.165, 1.54) is 12.7 Å². The Bertz CT molecular complexity index is 831. The Kier molecular flexibility index (Phi) is 5.54. The van der Waals surface area contributed by atoms with Crippen molar-refractivity contribution in [3.8, 4) is 5.75 Å². The van der Waals surface area contributed by atoms with Crippen LogP contribution in [0.5, 0.6) is 5.75 Å². The van der Waals surface area contributed by atoms with Gasteiger partial charge in [0.05, 0.1) is 12.7 Å². The number of carbonyl (C=O) groups is 2. The zero-order valence-electron chi connectivity index (χ0n) is 16.0. The number of piperidine rings is 1. The maximum atomic E-state index is 13.0. The summed E-state index contributed by atoms with van der Waals surface area (Å²) >= 11 is 0. The fourth-order valence-electron chi connectivity index (χ4n) is 3.84. The number of rotatable bonds is 4. The number of esters is 1. The van der Waals surface area contributed by atoms with Crippen LogP contribution in [0.3, 0.4) is 0 Å². The van der Waals surface area contributed by atoms with Crippen LogP contribution in [0.4, 0.5) is 0 Å². The number of hydrogen-bond donors (Lipinski definition) is 2. The van der Waals surface area contributed by atoms with E-state index >= 15 is 0 Å². The van der Waals surface area contributed by atoms with Crippen molar-refractivity contribution in [3.63, 3.8) is 0 Å². The first kappa shape index (κ1) is 19.0. The Balaban J connectivity index is 1.73. The number of ether oxygens (including phenoxy) is 1. The largest absolute Gasteiger partial charge is 0.508 e. The third-order valence-electron chi connectivity index (χ3n) is 5.43. The highest BCUT2D eigenvalue weighted by Crippen LogP contribution is 2.30. The molecule has 0 atom stereocenters. The Hall–Kier alpha value is -2.76. The highest BCUT2D eigenvalue weighted by atomic mass is 16.5. The van der Waals surface area contributed by atoms with E-state index in [0.29, 0.717) is 42.2 Å². The van der Waals surface area contributed by atoms with Gasteiger partial charge in [-0.3, -0.25) is 4.79 Å². The number of aromatic amines is 1. The molecule has 0 aliphatic carbocycles. The molecule has 0 spiro atoms. The quantitative estimate of drug-likeness (QED) is 0.808. The van der Waals surface area contributed by atoms with Crippen LogP contribution in [0.15, 0.2) is 24.3 Å². The molecule has 1 amide bonds. The van der Waals surface area contributed by atoms with Crippen LogP contribution in [0.2, 0.25) is 0 Å². The van der Waals surface area contributed by atoms with Crippen molar-refractivity contribution in [2.45, 2.75) is 39.0 Å². The number of H-pyrrole nitrogens is 1. The second-order valence-electron chi connectivity index (χ2n) is 6.98. The van der Waals surface area contributed by atoms with Crippen molar-refractivity contribution < 1.29 is 19.4 Å². The summed E-state index contributed by atoms with van der Waals surface area (Å²) in [6.45, 7) is 5.06. The molecule has 1 aromatic carbocycles. The molecule has 1 fully saturated rings. The van der Waals surface area contributed by atoms with Gasteiger partial charge in [-0.2, -0.15) is 0 Å². The third kappa shape index (κ3) is 3.70. The molecule has 1 saturated heterocycles. The molecular weight excluding hydrogens is 344 g/mol. The first-order valence-corrected chi connectivity index (χ1v) is 9.34. The maximum Gasteiger partial charge on any atom is 0.339 e. The van der Waals surface area contributed by atoms with Gasteiger partial charge in [-0.15, -0.1) is 0 Å². The lowest BCUT2D eigenvalue weighted by Crippen LogP contribution is -2.38. The second kappa shape index (κ2) is 7.86. The van der Waals surface area contributed by atoms with Crippen LogP contribution < -0.4 is 0 Å². The van der Waals surface area contributed by atoms with Gasteiger partial charge < -0.3 is 19.7 Å². The van der Waals surface area contributed by atoms with E-state index in [0.717, 1.165) is 18.5 Å². The van der Waals surface area contributed by atoms with Crippen molar-refractivity contribution in [1.29, 1.82) is 0 Å². The number of aryl methyl sites for hydroxylation is 1. The minimum Gasteiger partial charge on any atom is -0.508 e. The van der Waals surface area contributed by atoms with Gasteiger partial charge in [-0.1, -0.05) is 19.1 Å². The Morgan fingerprint density at radius 1 is 1.22 bits per heavy atom. The highest BCUT2D eigenvalue weighted by Gasteiger charge is 2.29. The number of phenolic OH excluding ortho intramolecular Hbond substituents is 1. The van der Waals surface area contributed by atoms with Crippen molar-refractivity contribution in [2.24, 2.45) is 0 Å². The van der Waals surface area contributed by atoms with Crippen molar-refractivity contribution in [3.05, 3.63) is 52.3 Å². The molecule has 6 heteroatoms. The van der Waals surface area contributed by atoms with E-state index in [9.17, 15) is 14.7 Å². The first-order valence-electron chi connectivity index (χ1n) is 9.34. The molecule has 1 aromatic heterocycles. The number of benzene rings is 1. The van der Waals surface area contributed by atoms with Crippen molar-refractivity contribution in [1.82, 2.24) is 9.88 Å². The van der Waals surface area contributed by atoms with E-state index in [2.05, 4.69) is 4.98 Å². The molecule has 1 aliphatic rings. The van der Waals surface area contributed by atoms with Gasteiger partial charge in [-0.05, 0) is 55.4 Å². The number of phenols is 1. The van der Waals surface area contributed by atoms with E-state index in [1.54, 1.807) is 19.1 Å². The fourth-order valence-corrected chi connectivity index (χ4v) is 3.84. The topological polar surface area (TPSA) is 82.6 Å². The minimum absolute atomic E-state index is 0.0680. The summed E-state index contributed by atoms with van der Waals surface area (Å²) in [5.74, 6) is 0.171. The van der Waals surface area contributed by atoms with Crippen LogP contribution >= 0.6 is 0 Å². The summed E-state index contributed by atoms with van der Waals surface area (Å²) in [6.07, 6.45) is 2.38. The van der Waals surface area contributed by atoms with E-state index in [4.69, 9.17) is 4.74 Å². The zero-order chi connectivity index (χ0) is 19.6. The second-order valence-corrected chi connectivity index (χ2v) is 6.98. The van der Waals surface area contributed by atoms with Crippen LogP contribution in [0.1, 0.15) is 63.4 Å². The summed E-state index contributed by atoms with van der Waals surface area (Å²) in [4.78, 5) is 30.1. The van der Waals surface area contributed by atoms with Crippen LogP contribution in [0, 0.1) is 6.92 Å². The normalized spacial score (nSPS) is 15.0. The van der Waals surface area contributed by atoms with E-state index < -0.39 is 5.97 Å². The Morgan fingerprint density at radius 2 is 1.85 bits per heavy atom. The molecule has 2 aromatic rings. The number of likely N-dealkylation sites (tertiary alicyclic amines) is 1. The lowest BCUT2D eigenvalue weighted by Gasteiger charge is -2.32. The molecule has 2 heterocycles. The van der Waals surface area contributed by atoms with Gasteiger partial charge in [-0.25, -0.2) is 4.79 Å². The third-order valence-corrected chi connectivity index (χ3v) is 5.43. The average molecular weight is 370 g/mol. The molecule has 1 aliphatic heterocycles. The lowest BCUT2D eigenvalue weighted by molar-refractivity contribution is 0.0599. The summed E-state index contributed by atoms with van der Waals surface area (Å²) in [5.41, 5.74) is 3.54. The lowest BCUT2D eigenvalue weighted by atomic mass is 9.89. The summed E-state index contributed by atoms with van der Waals surface area (Å²) < 4.78 is 4.87. The number of hydrogen-bond acceptors (Lipinski definition) is 4. The summed E-state index contributed by atoms with van der Waals surface area (Å²) in [5, 5.41) is 9.43. The van der Waals surface area contributed by atoms with Gasteiger partial charge in [0.25, 0.3) is 5.91 Å². The zero-order valence-corrected chi connectivity index (χ0v) is 16.0. The highest BCUT2D eigenvalue weighted by molar-refractivity contribution is 6.00. The SMILES string of the molecule is CCc1[nH]c(C(=O)N2CCC(c3ccc(O)cc3)CC2)c(C)c1C(=O)OC. The maximum absolute atomic E-state index is 13.0. The molecule has 3 rings (SSSR count). The van der Waals surface area contributed by atoms with Crippen LogP contribution in [-0.4, -0.2) is 47.1 Å². The number of nitrogens with one attached hydrogen (secondary N) is 1. The number of aromatic hydroxyl groups is 1. The first-order chi connectivity index (χ1) is 13.0. The van der Waals surface area contributed by atoms with Gasteiger partial charge in [0.15, 0.2) is 0 Å². The van der Waals surface area contributed by atoms with Gasteiger partial charge >= 0.3 is 5.97 Å². The molecule has 0 saturated carbocycles. The molecule has 0 bridgehead atoms. The monoisotopic (exact) mass is 370 g/mol.